The first-order valence-electron chi connectivity index (χ1n) is 14.1. The number of hydrogen-bond donors (Lipinski definition) is 0. The van der Waals surface area contributed by atoms with Gasteiger partial charge in [-0.15, -0.1) is 0 Å². The van der Waals surface area contributed by atoms with Crippen LogP contribution in [0, 0.1) is 0 Å². The highest BCUT2D eigenvalue weighted by atomic mass is 16.5. The second-order valence-corrected chi connectivity index (χ2v) is 10.2. The highest BCUT2D eigenvalue weighted by molar-refractivity contribution is 5.97. The Morgan fingerprint density at radius 1 is 0.919 bits per heavy atom. The molecule has 0 spiro atoms. The fourth-order valence-electron chi connectivity index (χ4n) is 5.76. The van der Waals surface area contributed by atoms with Crippen molar-refractivity contribution in [3.05, 3.63) is 59.7 Å². The molecule has 1 aliphatic carbocycles. The maximum absolute atomic E-state index is 13.8. The number of ether oxygens (including phenoxy) is 2. The molecule has 4 rings (SSSR count). The van der Waals surface area contributed by atoms with Crippen LogP contribution in [0.1, 0.15) is 80.6 Å². The zero-order valence-corrected chi connectivity index (χ0v) is 22.5. The number of carbonyl (C=O) groups excluding carboxylic acids is 2. The lowest BCUT2D eigenvalue weighted by molar-refractivity contribution is -0.136. The molecule has 37 heavy (non-hydrogen) atoms. The van der Waals surface area contributed by atoms with Crippen molar-refractivity contribution in [2.45, 2.75) is 83.3 Å². The van der Waals surface area contributed by atoms with Crippen LogP contribution in [0.4, 0.5) is 0 Å². The first-order valence-corrected chi connectivity index (χ1v) is 14.1. The molecule has 1 aliphatic heterocycles. The van der Waals surface area contributed by atoms with Gasteiger partial charge in [0.15, 0.2) is 0 Å². The van der Waals surface area contributed by atoms with Gasteiger partial charge < -0.3 is 19.3 Å². The third-order valence-electron chi connectivity index (χ3n) is 7.81. The molecular weight excluding hydrogens is 464 g/mol. The summed E-state index contributed by atoms with van der Waals surface area (Å²) in [4.78, 5) is 31.3. The molecule has 0 radical (unpaired) electrons. The SMILES string of the molecule is CCN1CCCCCCCN(C(=O)Cc2ccccc2OC)[C@@H]2CCCC[C@@H]2Oc2ccccc2C1=O. The molecule has 200 valence electrons. The minimum absolute atomic E-state index is 0.00785. The van der Waals surface area contributed by atoms with E-state index in [0.29, 0.717) is 24.3 Å². The van der Waals surface area contributed by atoms with Crippen molar-refractivity contribution in [1.29, 1.82) is 0 Å². The lowest BCUT2D eigenvalue weighted by Crippen LogP contribution is -2.51. The molecule has 0 N–H and O–H groups in total. The molecule has 1 heterocycles. The summed E-state index contributed by atoms with van der Waals surface area (Å²) >= 11 is 0. The molecule has 0 unspecified atom stereocenters. The van der Waals surface area contributed by atoms with Crippen LogP contribution in [0.5, 0.6) is 11.5 Å². The fraction of sp³-hybridized carbons (Fsp3) is 0.548. The number of fused-ring (bicyclic) bond motifs is 2. The van der Waals surface area contributed by atoms with Crippen molar-refractivity contribution in [3.63, 3.8) is 0 Å². The maximum atomic E-state index is 13.8. The van der Waals surface area contributed by atoms with Crippen LogP contribution < -0.4 is 9.47 Å². The quantitative estimate of drug-likeness (QED) is 0.519. The molecule has 2 aromatic rings. The van der Waals surface area contributed by atoms with Crippen molar-refractivity contribution in [2.24, 2.45) is 0 Å². The van der Waals surface area contributed by atoms with Gasteiger partial charge in [-0.1, -0.05) is 56.0 Å². The van der Waals surface area contributed by atoms with Gasteiger partial charge in [-0.05, 0) is 57.2 Å². The number of rotatable bonds is 4. The van der Waals surface area contributed by atoms with Crippen LogP contribution in [-0.4, -0.2) is 60.5 Å². The molecule has 0 bridgehead atoms. The molecule has 2 amide bonds. The van der Waals surface area contributed by atoms with Crippen LogP contribution in [0.25, 0.3) is 0 Å². The Morgan fingerprint density at radius 2 is 1.62 bits per heavy atom. The van der Waals surface area contributed by atoms with E-state index < -0.39 is 0 Å². The Balaban J connectivity index is 1.63. The number of benzene rings is 2. The van der Waals surface area contributed by atoms with Gasteiger partial charge in [0, 0.05) is 25.2 Å². The zero-order valence-electron chi connectivity index (χ0n) is 22.5. The number of para-hydroxylation sites is 2. The molecule has 2 atom stereocenters. The van der Waals surface area contributed by atoms with Crippen molar-refractivity contribution >= 4 is 11.8 Å². The van der Waals surface area contributed by atoms with Crippen molar-refractivity contribution in [3.8, 4) is 11.5 Å². The largest absolute Gasteiger partial charge is 0.496 e. The van der Waals surface area contributed by atoms with Gasteiger partial charge >= 0.3 is 0 Å². The van der Waals surface area contributed by atoms with E-state index in [9.17, 15) is 9.59 Å². The third kappa shape index (κ3) is 6.85. The fourth-order valence-corrected chi connectivity index (χ4v) is 5.76. The summed E-state index contributed by atoms with van der Waals surface area (Å²) < 4.78 is 12.2. The summed E-state index contributed by atoms with van der Waals surface area (Å²) in [6.45, 7) is 4.22. The third-order valence-corrected chi connectivity index (χ3v) is 7.81. The van der Waals surface area contributed by atoms with Gasteiger partial charge in [-0.25, -0.2) is 0 Å². The molecule has 6 heteroatoms. The van der Waals surface area contributed by atoms with Gasteiger partial charge in [-0.2, -0.15) is 0 Å². The van der Waals surface area contributed by atoms with Gasteiger partial charge in [0.05, 0.1) is 25.1 Å². The van der Waals surface area contributed by atoms with E-state index in [0.717, 1.165) is 82.2 Å². The number of amides is 2. The molecule has 6 nitrogen and oxygen atoms in total. The molecule has 0 aromatic heterocycles. The van der Waals surface area contributed by atoms with Crippen LogP contribution in [0.15, 0.2) is 48.5 Å². The van der Waals surface area contributed by atoms with Crippen molar-refractivity contribution < 1.29 is 19.1 Å². The van der Waals surface area contributed by atoms with Gasteiger partial charge in [0.2, 0.25) is 5.91 Å². The minimum Gasteiger partial charge on any atom is -0.496 e. The predicted octanol–water partition coefficient (Wildman–Crippen LogP) is 5.88. The highest BCUT2D eigenvalue weighted by Crippen LogP contribution is 2.31. The van der Waals surface area contributed by atoms with E-state index in [2.05, 4.69) is 4.90 Å². The minimum atomic E-state index is -0.135. The van der Waals surface area contributed by atoms with E-state index in [1.54, 1.807) is 7.11 Å². The summed E-state index contributed by atoms with van der Waals surface area (Å²) in [5, 5.41) is 0. The molecule has 1 fully saturated rings. The van der Waals surface area contributed by atoms with Gasteiger partial charge in [0.25, 0.3) is 5.91 Å². The highest BCUT2D eigenvalue weighted by Gasteiger charge is 2.35. The summed E-state index contributed by atoms with van der Waals surface area (Å²) in [5.41, 5.74) is 1.53. The van der Waals surface area contributed by atoms with E-state index in [1.807, 2.05) is 60.4 Å². The van der Waals surface area contributed by atoms with E-state index in [1.165, 1.54) is 0 Å². The second-order valence-electron chi connectivity index (χ2n) is 10.2. The van der Waals surface area contributed by atoms with Crippen LogP contribution in [0.2, 0.25) is 0 Å². The Bertz CT molecular complexity index is 1040. The molecule has 2 aromatic carbocycles. The number of carbonyl (C=O) groups is 2. The number of nitrogens with zero attached hydrogens (tertiary/aromatic N) is 2. The molecule has 2 aliphatic rings. The topological polar surface area (TPSA) is 59.1 Å². The molecule has 1 saturated carbocycles. The average molecular weight is 507 g/mol. The lowest BCUT2D eigenvalue weighted by atomic mass is 9.90. The van der Waals surface area contributed by atoms with Gasteiger partial charge in [0.1, 0.15) is 17.6 Å². The zero-order chi connectivity index (χ0) is 26.0. The summed E-state index contributed by atoms with van der Waals surface area (Å²) in [5.74, 6) is 1.54. The van der Waals surface area contributed by atoms with Crippen LogP contribution >= 0.6 is 0 Å². The van der Waals surface area contributed by atoms with Crippen LogP contribution in [0.3, 0.4) is 0 Å². The summed E-state index contributed by atoms with van der Waals surface area (Å²) in [6.07, 6.45) is 9.36. The predicted molar refractivity (Wildman–Crippen MR) is 146 cm³/mol. The molecule has 0 saturated heterocycles. The van der Waals surface area contributed by atoms with Crippen LogP contribution in [-0.2, 0) is 11.2 Å². The Hall–Kier alpha value is -3.02. The Labute approximate surface area is 221 Å². The second kappa shape index (κ2) is 13.5. The van der Waals surface area contributed by atoms with E-state index in [4.69, 9.17) is 9.47 Å². The van der Waals surface area contributed by atoms with Crippen molar-refractivity contribution in [1.82, 2.24) is 9.80 Å². The number of hydrogen-bond acceptors (Lipinski definition) is 4. The summed E-state index contributed by atoms with van der Waals surface area (Å²) in [7, 11) is 1.65. The molecular formula is C31H42N2O4. The Kier molecular flexibility index (Phi) is 9.86. The van der Waals surface area contributed by atoms with Crippen molar-refractivity contribution in [2.75, 3.05) is 26.7 Å². The van der Waals surface area contributed by atoms with Gasteiger partial charge in [-0.3, -0.25) is 9.59 Å². The smallest absolute Gasteiger partial charge is 0.257 e. The monoisotopic (exact) mass is 506 g/mol. The summed E-state index contributed by atoms with van der Waals surface area (Å²) in [6, 6.07) is 15.4. The van der Waals surface area contributed by atoms with E-state index >= 15 is 0 Å². The first-order chi connectivity index (χ1) is 18.1. The first kappa shape index (κ1) is 27.0. The van der Waals surface area contributed by atoms with E-state index in [-0.39, 0.29) is 24.0 Å². The maximum Gasteiger partial charge on any atom is 0.257 e. The lowest BCUT2D eigenvalue weighted by Gasteiger charge is -2.40. The normalized spacial score (nSPS) is 21.6. The average Bonchev–Trinajstić information content (AvgIpc) is 2.93. The Morgan fingerprint density at radius 3 is 2.43 bits per heavy atom. The standard InChI is InChI=1S/C31H42N2O4/c1-3-32-21-13-5-4-6-14-22-33(30(34)23-24-15-7-10-18-27(24)36-2)26-17-9-12-20-29(26)37-28-19-11-8-16-25(28)31(32)35/h7-8,10-11,15-16,18-19,26,29H,3-6,9,12-14,17,20-23H2,1-2H3/t26-,29+/m1/s1. The number of methoxy groups -OCH3 is 1.